The number of rotatable bonds is 2. The summed E-state index contributed by atoms with van der Waals surface area (Å²) in [6.45, 7) is 0.192. The second-order valence-corrected chi connectivity index (χ2v) is 4.49. The number of hydrogen-bond donors (Lipinski definition) is 1. The van der Waals surface area contributed by atoms with Crippen LogP contribution in [-0.2, 0) is 9.59 Å². The summed E-state index contributed by atoms with van der Waals surface area (Å²) in [4.78, 5) is 27.8. The van der Waals surface area contributed by atoms with Gasteiger partial charge in [0.1, 0.15) is 5.82 Å². The maximum atomic E-state index is 11.6. The molecule has 1 aromatic rings. The van der Waals surface area contributed by atoms with Crippen LogP contribution in [0.4, 0.5) is 5.82 Å². The van der Waals surface area contributed by atoms with Gasteiger partial charge >= 0.3 is 5.97 Å². The molecule has 0 spiro atoms. The summed E-state index contributed by atoms with van der Waals surface area (Å²) in [5.74, 6) is -1.28. The first-order chi connectivity index (χ1) is 7.58. The van der Waals surface area contributed by atoms with Gasteiger partial charge in [0.05, 0.1) is 5.92 Å². The number of carboxylic acids is 1. The summed E-state index contributed by atoms with van der Waals surface area (Å²) in [7, 11) is 0. The fourth-order valence-electron chi connectivity index (χ4n) is 1.64. The third-order valence-corrected chi connectivity index (χ3v) is 2.95. The van der Waals surface area contributed by atoms with Gasteiger partial charge in [0.2, 0.25) is 5.91 Å². The Labute approximate surface area is 100 Å². The number of aliphatic carboxylic acids is 1. The minimum atomic E-state index is -0.939. The molecule has 1 fully saturated rings. The van der Waals surface area contributed by atoms with Crippen LogP contribution in [0.1, 0.15) is 6.42 Å². The van der Waals surface area contributed by atoms with Crippen LogP contribution in [-0.4, -0.2) is 28.5 Å². The monoisotopic (exact) mass is 284 g/mol. The van der Waals surface area contributed by atoms with Gasteiger partial charge in [-0.15, -0.1) is 0 Å². The first-order valence-electron chi connectivity index (χ1n) is 4.72. The Morgan fingerprint density at radius 1 is 1.62 bits per heavy atom. The highest BCUT2D eigenvalue weighted by Crippen LogP contribution is 2.25. The molecule has 0 aromatic carbocycles. The van der Waals surface area contributed by atoms with E-state index in [0.717, 1.165) is 4.47 Å². The fraction of sp³-hybridized carbons (Fsp3) is 0.300. The van der Waals surface area contributed by atoms with Crippen molar-refractivity contribution >= 4 is 33.6 Å². The van der Waals surface area contributed by atoms with Gasteiger partial charge in [-0.3, -0.25) is 14.5 Å². The van der Waals surface area contributed by atoms with Crippen molar-refractivity contribution in [3.05, 3.63) is 22.8 Å². The molecule has 1 atom stereocenters. The van der Waals surface area contributed by atoms with Crippen molar-refractivity contribution in [2.75, 3.05) is 11.4 Å². The third-order valence-electron chi connectivity index (χ3n) is 2.46. The average molecular weight is 285 g/mol. The van der Waals surface area contributed by atoms with Gasteiger partial charge in [-0.2, -0.15) is 0 Å². The lowest BCUT2D eigenvalue weighted by Crippen LogP contribution is -2.26. The van der Waals surface area contributed by atoms with Gasteiger partial charge in [-0.05, 0) is 12.1 Å². The average Bonchev–Trinajstić information content (AvgIpc) is 2.60. The molecule has 1 aliphatic heterocycles. The number of pyridine rings is 1. The van der Waals surface area contributed by atoms with Crippen molar-refractivity contribution in [3.63, 3.8) is 0 Å². The Balaban J connectivity index is 2.23. The Hall–Kier alpha value is -1.43. The lowest BCUT2D eigenvalue weighted by molar-refractivity contribution is -0.141. The number of carbonyl (C=O) groups is 2. The highest BCUT2D eigenvalue weighted by molar-refractivity contribution is 9.10. The third kappa shape index (κ3) is 2.06. The zero-order valence-electron chi connectivity index (χ0n) is 8.26. The molecule has 1 saturated heterocycles. The van der Waals surface area contributed by atoms with Crippen LogP contribution in [0.15, 0.2) is 22.8 Å². The molecule has 1 aromatic heterocycles. The van der Waals surface area contributed by atoms with Crippen molar-refractivity contribution < 1.29 is 14.7 Å². The number of carbonyl (C=O) groups excluding carboxylic acids is 1. The second-order valence-electron chi connectivity index (χ2n) is 3.58. The quantitative estimate of drug-likeness (QED) is 0.888. The second kappa shape index (κ2) is 4.21. The summed E-state index contributed by atoms with van der Waals surface area (Å²) >= 11 is 3.28. The molecular formula is C10H9BrN2O3. The predicted octanol–water partition coefficient (Wildman–Crippen LogP) is 1.28. The van der Waals surface area contributed by atoms with Crippen molar-refractivity contribution in [2.45, 2.75) is 6.42 Å². The van der Waals surface area contributed by atoms with Crippen molar-refractivity contribution in [1.82, 2.24) is 4.98 Å². The molecule has 5 nitrogen and oxygen atoms in total. The molecule has 0 bridgehead atoms. The Kier molecular flexibility index (Phi) is 2.91. The number of amides is 1. The smallest absolute Gasteiger partial charge is 0.308 e. The first-order valence-corrected chi connectivity index (χ1v) is 5.52. The largest absolute Gasteiger partial charge is 0.481 e. The van der Waals surface area contributed by atoms with Gasteiger partial charge in [-0.25, -0.2) is 4.98 Å². The zero-order valence-corrected chi connectivity index (χ0v) is 9.85. The van der Waals surface area contributed by atoms with E-state index in [1.54, 1.807) is 18.3 Å². The van der Waals surface area contributed by atoms with Crippen LogP contribution < -0.4 is 4.90 Å². The van der Waals surface area contributed by atoms with E-state index in [2.05, 4.69) is 20.9 Å². The highest BCUT2D eigenvalue weighted by Gasteiger charge is 2.35. The van der Waals surface area contributed by atoms with Crippen molar-refractivity contribution in [3.8, 4) is 0 Å². The maximum absolute atomic E-state index is 11.6. The Morgan fingerprint density at radius 2 is 2.38 bits per heavy atom. The molecule has 0 saturated carbocycles. The molecule has 1 N–H and O–H groups in total. The summed E-state index contributed by atoms with van der Waals surface area (Å²) < 4.78 is 0.809. The molecule has 0 aliphatic carbocycles. The first kappa shape index (κ1) is 11.1. The predicted molar refractivity (Wildman–Crippen MR) is 60.0 cm³/mol. The molecule has 2 heterocycles. The normalized spacial score (nSPS) is 20.2. The van der Waals surface area contributed by atoms with Gasteiger partial charge in [-0.1, -0.05) is 15.9 Å². The zero-order chi connectivity index (χ0) is 11.7. The van der Waals surface area contributed by atoms with E-state index in [1.165, 1.54) is 4.90 Å². The van der Waals surface area contributed by atoms with Crippen LogP contribution >= 0.6 is 15.9 Å². The molecule has 1 amide bonds. The van der Waals surface area contributed by atoms with Crippen LogP contribution in [0.2, 0.25) is 0 Å². The van der Waals surface area contributed by atoms with E-state index in [1.807, 2.05) is 0 Å². The standard InChI is InChI=1S/C10H9BrN2O3/c11-7-1-2-12-8(4-7)13-5-6(10(15)16)3-9(13)14/h1-2,4,6H,3,5H2,(H,15,16). The van der Waals surface area contributed by atoms with E-state index >= 15 is 0 Å². The highest BCUT2D eigenvalue weighted by atomic mass is 79.9. The van der Waals surface area contributed by atoms with Crippen molar-refractivity contribution in [1.29, 1.82) is 0 Å². The van der Waals surface area contributed by atoms with E-state index in [0.29, 0.717) is 5.82 Å². The molecular weight excluding hydrogens is 276 g/mol. The molecule has 1 unspecified atom stereocenters. The summed E-state index contributed by atoms with van der Waals surface area (Å²) in [6.07, 6.45) is 1.62. The number of halogens is 1. The number of anilines is 1. The van der Waals surface area contributed by atoms with E-state index < -0.39 is 11.9 Å². The van der Waals surface area contributed by atoms with E-state index in [-0.39, 0.29) is 18.9 Å². The minimum absolute atomic E-state index is 0.0452. The summed E-state index contributed by atoms with van der Waals surface area (Å²) in [5, 5.41) is 8.84. The van der Waals surface area contributed by atoms with Crippen LogP contribution in [0.25, 0.3) is 0 Å². The molecule has 16 heavy (non-hydrogen) atoms. The van der Waals surface area contributed by atoms with Gasteiger partial charge in [0.25, 0.3) is 0 Å². The van der Waals surface area contributed by atoms with Crippen molar-refractivity contribution in [2.24, 2.45) is 5.92 Å². The Morgan fingerprint density at radius 3 is 2.94 bits per heavy atom. The van der Waals surface area contributed by atoms with Crippen LogP contribution in [0.5, 0.6) is 0 Å². The lowest BCUT2D eigenvalue weighted by Gasteiger charge is -2.14. The van der Waals surface area contributed by atoms with Crippen LogP contribution in [0, 0.1) is 5.92 Å². The Bertz CT molecular complexity index is 449. The number of hydrogen-bond acceptors (Lipinski definition) is 3. The van der Waals surface area contributed by atoms with Gasteiger partial charge in [0.15, 0.2) is 0 Å². The minimum Gasteiger partial charge on any atom is -0.481 e. The van der Waals surface area contributed by atoms with Gasteiger partial charge in [0, 0.05) is 23.6 Å². The fourth-order valence-corrected chi connectivity index (χ4v) is 1.96. The topological polar surface area (TPSA) is 70.5 Å². The molecule has 1 aliphatic rings. The lowest BCUT2D eigenvalue weighted by atomic mass is 10.1. The molecule has 6 heteroatoms. The molecule has 2 rings (SSSR count). The van der Waals surface area contributed by atoms with E-state index in [4.69, 9.17) is 5.11 Å². The maximum Gasteiger partial charge on any atom is 0.308 e. The summed E-state index contributed by atoms with van der Waals surface area (Å²) in [5.41, 5.74) is 0. The number of aromatic nitrogens is 1. The molecule has 0 radical (unpaired) electrons. The van der Waals surface area contributed by atoms with E-state index in [9.17, 15) is 9.59 Å². The summed E-state index contributed by atoms with van der Waals surface area (Å²) in [6, 6.07) is 3.45. The van der Waals surface area contributed by atoms with Crippen LogP contribution in [0.3, 0.4) is 0 Å². The number of nitrogens with zero attached hydrogens (tertiary/aromatic N) is 2. The SMILES string of the molecule is O=C(O)C1CC(=O)N(c2cc(Br)ccn2)C1. The molecule has 84 valence electrons. The number of carboxylic acid groups (broad SMARTS) is 1. The van der Waals surface area contributed by atoms with Gasteiger partial charge < -0.3 is 5.11 Å².